The summed E-state index contributed by atoms with van der Waals surface area (Å²) in [7, 11) is 0. The van der Waals surface area contributed by atoms with Crippen LogP contribution >= 0.6 is 0 Å². The third-order valence-electron chi connectivity index (χ3n) is 3.86. The van der Waals surface area contributed by atoms with E-state index in [0.717, 1.165) is 38.5 Å². The van der Waals surface area contributed by atoms with Crippen LogP contribution in [0, 0.1) is 0 Å². The molecule has 2 aromatic heterocycles. The van der Waals surface area contributed by atoms with Gasteiger partial charge in [-0.3, -0.25) is 14.7 Å². The van der Waals surface area contributed by atoms with Crippen LogP contribution in [0.5, 0.6) is 0 Å². The number of pyridine rings is 2. The van der Waals surface area contributed by atoms with Gasteiger partial charge in [-0.2, -0.15) is 0 Å². The number of piperazine rings is 1. The first-order chi connectivity index (χ1) is 10.7. The van der Waals surface area contributed by atoms with E-state index < -0.39 is 5.91 Å². The molecule has 1 aliphatic heterocycles. The first-order valence-electron chi connectivity index (χ1n) is 7.34. The van der Waals surface area contributed by atoms with Crippen molar-refractivity contribution >= 4 is 11.7 Å². The zero-order valence-electron chi connectivity index (χ0n) is 12.4. The van der Waals surface area contributed by atoms with Crippen molar-refractivity contribution in [1.82, 2.24) is 14.9 Å². The van der Waals surface area contributed by atoms with Crippen LogP contribution in [0.4, 0.5) is 5.82 Å². The van der Waals surface area contributed by atoms with E-state index in [4.69, 9.17) is 5.73 Å². The Morgan fingerprint density at radius 2 is 1.95 bits per heavy atom. The summed E-state index contributed by atoms with van der Waals surface area (Å²) in [5.41, 5.74) is 6.91. The quantitative estimate of drug-likeness (QED) is 0.907. The van der Waals surface area contributed by atoms with Gasteiger partial charge in [-0.05, 0) is 23.8 Å². The number of amides is 1. The fraction of sp³-hybridized carbons (Fsp3) is 0.312. The molecule has 0 aromatic carbocycles. The largest absolute Gasteiger partial charge is 0.366 e. The van der Waals surface area contributed by atoms with Crippen molar-refractivity contribution < 1.29 is 4.79 Å². The number of hydrogen-bond donors (Lipinski definition) is 1. The molecule has 2 aromatic rings. The van der Waals surface area contributed by atoms with Crippen LogP contribution in [0.1, 0.15) is 15.9 Å². The maximum absolute atomic E-state index is 11.1. The second-order valence-electron chi connectivity index (χ2n) is 5.39. The fourth-order valence-corrected chi connectivity index (χ4v) is 2.60. The predicted octanol–water partition coefficient (Wildman–Crippen LogP) is 0.898. The molecule has 0 radical (unpaired) electrons. The maximum Gasteiger partial charge on any atom is 0.250 e. The highest BCUT2D eigenvalue weighted by atomic mass is 16.1. The van der Waals surface area contributed by atoms with E-state index in [1.165, 1.54) is 5.56 Å². The smallest absolute Gasteiger partial charge is 0.250 e. The Labute approximate surface area is 129 Å². The molecular formula is C16H19N5O. The molecule has 22 heavy (non-hydrogen) atoms. The maximum atomic E-state index is 11.1. The molecule has 6 heteroatoms. The van der Waals surface area contributed by atoms with Crippen LogP contribution in [0.25, 0.3) is 0 Å². The number of nitrogens with two attached hydrogens (primary N) is 1. The highest BCUT2D eigenvalue weighted by molar-refractivity contribution is 5.92. The zero-order valence-corrected chi connectivity index (χ0v) is 12.4. The lowest BCUT2D eigenvalue weighted by molar-refractivity contribution is 0.1000. The summed E-state index contributed by atoms with van der Waals surface area (Å²) >= 11 is 0. The summed E-state index contributed by atoms with van der Waals surface area (Å²) in [5.74, 6) is 0.450. The molecule has 1 fully saturated rings. The highest BCUT2D eigenvalue weighted by Crippen LogP contribution is 2.15. The van der Waals surface area contributed by atoms with E-state index in [9.17, 15) is 4.79 Å². The molecule has 3 heterocycles. The molecule has 0 aliphatic carbocycles. The highest BCUT2D eigenvalue weighted by Gasteiger charge is 2.18. The summed E-state index contributed by atoms with van der Waals surface area (Å²) in [6.45, 7) is 4.73. The Morgan fingerprint density at radius 1 is 1.14 bits per heavy atom. The molecule has 2 N–H and O–H groups in total. The normalized spacial score (nSPS) is 15.7. The van der Waals surface area contributed by atoms with E-state index >= 15 is 0 Å². The lowest BCUT2D eigenvalue weighted by Gasteiger charge is -2.35. The lowest BCUT2D eigenvalue weighted by atomic mass is 10.2. The van der Waals surface area contributed by atoms with Gasteiger partial charge >= 0.3 is 0 Å². The van der Waals surface area contributed by atoms with Crippen molar-refractivity contribution in [3.05, 3.63) is 54.0 Å². The van der Waals surface area contributed by atoms with Gasteiger partial charge in [-0.15, -0.1) is 0 Å². The minimum absolute atomic E-state index is 0.443. The Hall–Kier alpha value is -2.47. The molecule has 1 aliphatic rings. The van der Waals surface area contributed by atoms with Gasteiger partial charge in [0.05, 0.1) is 5.56 Å². The number of rotatable bonds is 4. The number of carbonyl (C=O) groups excluding carboxylic acids is 1. The van der Waals surface area contributed by atoms with Crippen LogP contribution in [-0.2, 0) is 6.54 Å². The van der Waals surface area contributed by atoms with E-state index in [-0.39, 0.29) is 0 Å². The van der Waals surface area contributed by atoms with E-state index in [1.54, 1.807) is 18.5 Å². The van der Waals surface area contributed by atoms with Crippen LogP contribution in [0.2, 0.25) is 0 Å². The van der Waals surface area contributed by atoms with Gasteiger partial charge in [0.15, 0.2) is 0 Å². The molecule has 3 rings (SSSR count). The third-order valence-corrected chi connectivity index (χ3v) is 3.86. The number of primary amides is 1. The molecule has 6 nitrogen and oxygen atoms in total. The number of anilines is 1. The van der Waals surface area contributed by atoms with Crippen molar-refractivity contribution in [2.45, 2.75) is 6.54 Å². The van der Waals surface area contributed by atoms with E-state index in [1.807, 2.05) is 18.3 Å². The second-order valence-corrected chi connectivity index (χ2v) is 5.39. The predicted molar refractivity (Wildman–Crippen MR) is 84.5 cm³/mol. The third kappa shape index (κ3) is 3.40. The Morgan fingerprint density at radius 3 is 2.55 bits per heavy atom. The number of nitrogens with zero attached hydrogens (tertiary/aromatic N) is 4. The molecule has 0 spiro atoms. The summed E-state index contributed by atoms with van der Waals surface area (Å²) < 4.78 is 0. The van der Waals surface area contributed by atoms with Gasteiger partial charge in [0.2, 0.25) is 5.91 Å². The second kappa shape index (κ2) is 6.53. The van der Waals surface area contributed by atoms with Crippen LogP contribution in [0.15, 0.2) is 42.9 Å². The minimum Gasteiger partial charge on any atom is -0.366 e. The van der Waals surface area contributed by atoms with Gasteiger partial charge in [-0.25, -0.2) is 4.98 Å². The van der Waals surface area contributed by atoms with Gasteiger partial charge in [0.25, 0.3) is 0 Å². The fourth-order valence-electron chi connectivity index (χ4n) is 2.60. The monoisotopic (exact) mass is 297 g/mol. The van der Waals surface area contributed by atoms with Gasteiger partial charge in [0.1, 0.15) is 5.82 Å². The van der Waals surface area contributed by atoms with Gasteiger partial charge in [-0.1, -0.05) is 6.07 Å². The SMILES string of the molecule is NC(=O)c1ccc(N2CCN(Cc3cccnc3)CC2)nc1. The molecule has 0 atom stereocenters. The molecule has 0 unspecified atom stereocenters. The first kappa shape index (κ1) is 14.5. The van der Waals surface area contributed by atoms with Gasteiger partial charge in [0, 0.05) is 51.3 Å². The first-order valence-corrected chi connectivity index (χ1v) is 7.34. The molecule has 0 bridgehead atoms. The summed E-state index contributed by atoms with van der Waals surface area (Å²) in [5, 5.41) is 0. The van der Waals surface area contributed by atoms with Crippen molar-refractivity contribution in [1.29, 1.82) is 0 Å². The summed E-state index contributed by atoms with van der Waals surface area (Å²) in [6.07, 6.45) is 5.25. The minimum atomic E-state index is -0.444. The van der Waals surface area contributed by atoms with E-state index in [2.05, 4.69) is 25.8 Å². The van der Waals surface area contributed by atoms with E-state index in [0.29, 0.717) is 5.56 Å². The van der Waals surface area contributed by atoms with Crippen LogP contribution < -0.4 is 10.6 Å². The lowest BCUT2D eigenvalue weighted by Crippen LogP contribution is -2.46. The molecule has 1 saturated heterocycles. The van der Waals surface area contributed by atoms with Crippen LogP contribution in [-0.4, -0.2) is 47.0 Å². The molecule has 114 valence electrons. The topological polar surface area (TPSA) is 75.4 Å². The Kier molecular flexibility index (Phi) is 4.29. The molecule has 0 saturated carbocycles. The number of carbonyl (C=O) groups is 1. The number of aromatic nitrogens is 2. The Balaban J connectivity index is 1.56. The summed E-state index contributed by atoms with van der Waals surface area (Å²) in [4.78, 5) is 24.2. The van der Waals surface area contributed by atoms with Crippen molar-refractivity contribution in [3.8, 4) is 0 Å². The zero-order chi connectivity index (χ0) is 15.4. The average molecular weight is 297 g/mol. The van der Waals surface area contributed by atoms with Crippen molar-refractivity contribution in [3.63, 3.8) is 0 Å². The molecular weight excluding hydrogens is 278 g/mol. The summed E-state index contributed by atoms with van der Waals surface area (Å²) in [6, 6.07) is 7.66. The van der Waals surface area contributed by atoms with Crippen molar-refractivity contribution in [2.24, 2.45) is 5.73 Å². The average Bonchev–Trinajstić information content (AvgIpc) is 2.57. The van der Waals surface area contributed by atoms with Crippen LogP contribution in [0.3, 0.4) is 0 Å². The molecule has 1 amide bonds. The Bertz CT molecular complexity index is 621. The number of hydrogen-bond acceptors (Lipinski definition) is 5. The van der Waals surface area contributed by atoms with Crippen molar-refractivity contribution in [2.75, 3.05) is 31.1 Å². The standard InChI is InChI=1S/C16H19N5O/c17-16(22)14-3-4-15(19-11-14)21-8-6-20(7-9-21)12-13-2-1-5-18-10-13/h1-5,10-11H,6-9,12H2,(H2,17,22). The van der Waals surface area contributed by atoms with Gasteiger partial charge < -0.3 is 10.6 Å².